The maximum atomic E-state index is 14.3. The minimum Gasteiger partial charge on any atom is -0.491 e. The quantitative estimate of drug-likeness (QED) is 0.459. The molecule has 0 aliphatic rings. The summed E-state index contributed by atoms with van der Waals surface area (Å²) >= 11 is 0. The van der Waals surface area contributed by atoms with Crippen LogP contribution in [0.1, 0.15) is 24.1 Å². The van der Waals surface area contributed by atoms with E-state index in [0.29, 0.717) is 36.4 Å². The topological polar surface area (TPSA) is 81.5 Å². The van der Waals surface area contributed by atoms with Gasteiger partial charge in [0.25, 0.3) is 0 Å². The summed E-state index contributed by atoms with van der Waals surface area (Å²) in [6.45, 7) is 0.575. The average molecular weight is 442 g/mol. The van der Waals surface area contributed by atoms with E-state index in [2.05, 4.69) is 4.98 Å². The van der Waals surface area contributed by atoms with Crippen LogP contribution in [-0.4, -0.2) is 41.9 Å². The Hall–Kier alpha value is -3.39. The first-order valence-corrected chi connectivity index (χ1v) is 10.1. The zero-order valence-electron chi connectivity index (χ0n) is 17.9. The second kappa shape index (κ2) is 10.8. The van der Waals surface area contributed by atoms with Gasteiger partial charge in [0.1, 0.15) is 0 Å². The Morgan fingerprint density at radius 1 is 1.00 bits per heavy atom. The largest absolute Gasteiger partial charge is 0.491 e. The van der Waals surface area contributed by atoms with Crippen molar-refractivity contribution in [1.29, 1.82) is 0 Å². The van der Waals surface area contributed by atoms with Crippen molar-refractivity contribution in [1.82, 2.24) is 9.97 Å². The van der Waals surface area contributed by atoms with Crippen LogP contribution in [0.15, 0.2) is 42.6 Å². The van der Waals surface area contributed by atoms with Gasteiger partial charge >= 0.3 is 5.97 Å². The van der Waals surface area contributed by atoms with Gasteiger partial charge in [-0.1, -0.05) is 24.3 Å². The summed E-state index contributed by atoms with van der Waals surface area (Å²) in [4.78, 5) is 20.0. The zero-order valence-corrected chi connectivity index (χ0v) is 17.9. The first kappa shape index (κ1) is 23.3. The molecule has 0 saturated carbocycles. The molecule has 0 aliphatic carbocycles. The predicted octanol–water partition coefficient (Wildman–Crippen LogP) is 4.69. The number of carboxylic acid groups (broad SMARTS) is 1. The number of nitrogens with zero attached hydrogens (tertiary/aromatic N) is 2. The number of aryl methyl sites for hydroxylation is 2. The van der Waals surface area contributed by atoms with Crippen LogP contribution in [0.2, 0.25) is 0 Å². The van der Waals surface area contributed by atoms with E-state index in [1.54, 1.807) is 25.4 Å². The van der Waals surface area contributed by atoms with Gasteiger partial charge in [-0.15, -0.1) is 0 Å². The molecule has 8 heteroatoms. The Morgan fingerprint density at radius 3 is 2.28 bits per heavy atom. The number of aliphatic carboxylic acids is 1. The highest BCUT2D eigenvalue weighted by Crippen LogP contribution is 2.33. The lowest BCUT2D eigenvalue weighted by Crippen LogP contribution is -2.02. The fourth-order valence-electron chi connectivity index (χ4n) is 3.33. The number of hydrogen-bond acceptors (Lipinski definition) is 5. The lowest BCUT2D eigenvalue weighted by atomic mass is 10.0. The highest BCUT2D eigenvalue weighted by molar-refractivity contribution is 5.78. The molecule has 3 aromatic rings. The van der Waals surface area contributed by atoms with Crippen molar-refractivity contribution in [3.63, 3.8) is 0 Å². The van der Waals surface area contributed by atoms with Crippen LogP contribution >= 0.6 is 0 Å². The molecule has 168 valence electrons. The van der Waals surface area contributed by atoms with E-state index >= 15 is 0 Å². The molecule has 3 rings (SSSR count). The predicted molar refractivity (Wildman–Crippen MR) is 116 cm³/mol. The molecule has 2 aromatic carbocycles. The van der Waals surface area contributed by atoms with Crippen molar-refractivity contribution in [2.45, 2.75) is 25.7 Å². The van der Waals surface area contributed by atoms with E-state index in [9.17, 15) is 13.6 Å². The number of ether oxygens (including phenoxy) is 2. The van der Waals surface area contributed by atoms with Gasteiger partial charge in [0.05, 0.1) is 24.2 Å². The second-order valence-electron chi connectivity index (χ2n) is 7.22. The Bertz CT molecular complexity index is 1060. The molecule has 0 radical (unpaired) electrons. The van der Waals surface area contributed by atoms with Crippen molar-refractivity contribution in [2.75, 3.05) is 20.8 Å². The number of benzene rings is 2. The SMILES string of the molecule is COCCCc1cnc(-c2cc(F)c(OC)c(F)c2)c(-c2ccc(CCC(=O)O)cc2)n1. The number of aromatic nitrogens is 2. The first-order chi connectivity index (χ1) is 15.4. The standard InChI is InChI=1S/C24H24F2N2O4/c1-31-11-3-4-18-14-27-22(17-12-19(25)24(32-2)20(26)13-17)23(28-18)16-8-5-15(6-9-16)7-10-21(29)30/h5-6,8-9,12-14H,3-4,7,10-11H2,1-2H3,(H,29,30). The summed E-state index contributed by atoms with van der Waals surface area (Å²) in [5.74, 6) is -2.98. The Balaban J connectivity index is 2.03. The Labute approximate surface area is 184 Å². The number of halogens is 2. The number of rotatable bonds is 10. The van der Waals surface area contributed by atoms with Crippen molar-refractivity contribution >= 4 is 5.97 Å². The van der Waals surface area contributed by atoms with Crippen LogP contribution in [0.4, 0.5) is 8.78 Å². The minimum atomic E-state index is -0.866. The summed E-state index contributed by atoms with van der Waals surface area (Å²) in [5.41, 5.74) is 3.35. The van der Waals surface area contributed by atoms with Gasteiger partial charge in [-0.25, -0.2) is 13.8 Å². The number of carbonyl (C=O) groups is 1. The number of hydrogen-bond donors (Lipinski definition) is 1. The molecule has 0 bridgehead atoms. The Kier molecular flexibility index (Phi) is 7.83. The van der Waals surface area contributed by atoms with Crippen LogP contribution in [0.25, 0.3) is 22.5 Å². The smallest absolute Gasteiger partial charge is 0.303 e. The number of carboxylic acids is 1. The summed E-state index contributed by atoms with van der Waals surface area (Å²) < 4.78 is 38.5. The summed E-state index contributed by atoms with van der Waals surface area (Å²) in [5, 5.41) is 8.87. The van der Waals surface area contributed by atoms with E-state index in [0.717, 1.165) is 17.7 Å². The molecule has 0 spiro atoms. The average Bonchev–Trinajstić information content (AvgIpc) is 2.78. The first-order valence-electron chi connectivity index (χ1n) is 10.1. The Morgan fingerprint density at radius 2 is 1.69 bits per heavy atom. The van der Waals surface area contributed by atoms with Crippen LogP contribution in [-0.2, 0) is 22.4 Å². The lowest BCUT2D eigenvalue weighted by molar-refractivity contribution is -0.136. The van der Waals surface area contributed by atoms with Crippen LogP contribution in [0, 0.1) is 11.6 Å². The van der Waals surface area contributed by atoms with Gasteiger partial charge in [0.2, 0.25) is 0 Å². The van der Waals surface area contributed by atoms with E-state index in [-0.39, 0.29) is 12.0 Å². The minimum absolute atomic E-state index is 0.0315. The van der Waals surface area contributed by atoms with E-state index in [1.807, 2.05) is 12.1 Å². The van der Waals surface area contributed by atoms with Gasteiger partial charge in [-0.05, 0) is 37.0 Å². The van der Waals surface area contributed by atoms with Crippen LogP contribution in [0.3, 0.4) is 0 Å². The van der Waals surface area contributed by atoms with Gasteiger partial charge in [-0.2, -0.15) is 0 Å². The molecule has 1 heterocycles. The van der Waals surface area contributed by atoms with Gasteiger partial charge in [0.15, 0.2) is 17.4 Å². The third-order valence-corrected chi connectivity index (χ3v) is 4.93. The van der Waals surface area contributed by atoms with Crippen molar-refractivity contribution < 1.29 is 28.2 Å². The maximum Gasteiger partial charge on any atom is 0.303 e. The molecule has 1 aromatic heterocycles. The monoisotopic (exact) mass is 442 g/mol. The van der Waals surface area contributed by atoms with Gasteiger partial charge < -0.3 is 14.6 Å². The normalized spacial score (nSPS) is 10.9. The molecule has 1 N–H and O–H groups in total. The molecule has 0 fully saturated rings. The van der Waals surface area contributed by atoms with Crippen LogP contribution < -0.4 is 4.74 Å². The van der Waals surface area contributed by atoms with Gasteiger partial charge in [0, 0.05) is 37.5 Å². The number of methoxy groups -OCH3 is 2. The van der Waals surface area contributed by atoms with E-state index in [4.69, 9.17) is 19.6 Å². The summed E-state index contributed by atoms with van der Waals surface area (Å²) in [6.07, 6.45) is 3.42. The molecule has 0 amide bonds. The van der Waals surface area contributed by atoms with Crippen molar-refractivity contribution in [3.05, 3.63) is 65.5 Å². The third kappa shape index (κ3) is 5.64. The van der Waals surface area contributed by atoms with Crippen molar-refractivity contribution in [2.24, 2.45) is 0 Å². The van der Waals surface area contributed by atoms with E-state index in [1.165, 1.54) is 19.2 Å². The maximum absolute atomic E-state index is 14.3. The molecule has 0 atom stereocenters. The molecule has 0 unspecified atom stereocenters. The third-order valence-electron chi connectivity index (χ3n) is 4.93. The molecule has 0 aliphatic heterocycles. The van der Waals surface area contributed by atoms with E-state index < -0.39 is 23.4 Å². The fourth-order valence-corrected chi connectivity index (χ4v) is 3.33. The molecule has 0 saturated heterocycles. The summed E-state index contributed by atoms with van der Waals surface area (Å²) in [6, 6.07) is 9.58. The van der Waals surface area contributed by atoms with Crippen molar-refractivity contribution in [3.8, 4) is 28.3 Å². The molecule has 6 nitrogen and oxygen atoms in total. The molecule has 32 heavy (non-hydrogen) atoms. The van der Waals surface area contributed by atoms with Gasteiger partial charge in [-0.3, -0.25) is 9.78 Å². The fraction of sp³-hybridized carbons (Fsp3) is 0.292. The lowest BCUT2D eigenvalue weighted by Gasteiger charge is -2.13. The second-order valence-corrected chi connectivity index (χ2v) is 7.22. The molecular formula is C24H24F2N2O4. The highest BCUT2D eigenvalue weighted by Gasteiger charge is 2.18. The zero-order chi connectivity index (χ0) is 23.1. The summed E-state index contributed by atoms with van der Waals surface area (Å²) in [7, 11) is 2.83. The molecular weight excluding hydrogens is 418 g/mol. The highest BCUT2D eigenvalue weighted by atomic mass is 19.1. The van der Waals surface area contributed by atoms with Crippen LogP contribution in [0.5, 0.6) is 5.75 Å².